The molecule has 0 amide bonds. The van der Waals surface area contributed by atoms with E-state index in [1.54, 1.807) is 12.1 Å². The summed E-state index contributed by atoms with van der Waals surface area (Å²) in [4.78, 5) is 36.8. The van der Waals surface area contributed by atoms with Crippen LogP contribution in [0.2, 0.25) is 0 Å². The second-order valence-electron chi connectivity index (χ2n) is 10.1. The van der Waals surface area contributed by atoms with Crippen LogP contribution in [-0.4, -0.2) is 74.3 Å². The number of para-hydroxylation sites is 2. The average Bonchev–Trinajstić information content (AvgIpc) is 3.42. The van der Waals surface area contributed by atoms with Crippen LogP contribution in [0.5, 0.6) is 11.5 Å². The summed E-state index contributed by atoms with van der Waals surface area (Å²) in [6.45, 7) is 2.36. The quantitative estimate of drug-likeness (QED) is 0.230. The van der Waals surface area contributed by atoms with Gasteiger partial charge in [-0.15, -0.1) is 0 Å². The number of methoxy groups -OCH3 is 1. The summed E-state index contributed by atoms with van der Waals surface area (Å²) in [5.41, 5.74) is 4.36. The van der Waals surface area contributed by atoms with E-state index < -0.39 is 44.3 Å². The number of hydrogen-bond acceptors (Lipinski definition) is 13. The summed E-state index contributed by atoms with van der Waals surface area (Å²) in [5, 5.41) is 14.2. The van der Waals surface area contributed by atoms with Crippen molar-refractivity contribution in [2.45, 2.75) is 69.3 Å². The Balaban J connectivity index is 1.32. The van der Waals surface area contributed by atoms with Crippen molar-refractivity contribution in [3.8, 4) is 11.5 Å². The lowest BCUT2D eigenvalue weighted by Crippen LogP contribution is -2.41. The van der Waals surface area contributed by atoms with E-state index in [9.17, 15) is 14.8 Å². The van der Waals surface area contributed by atoms with Gasteiger partial charge in [0.25, 0.3) is 0 Å². The first-order valence-electron chi connectivity index (χ1n) is 13.0. The number of fused-ring (bicyclic) bond motifs is 1. The highest BCUT2D eigenvalue weighted by Crippen LogP contribution is 2.43. The number of aliphatic hydroxyl groups is 1. The summed E-state index contributed by atoms with van der Waals surface area (Å²) in [6.07, 6.45) is 0.498. The van der Waals surface area contributed by atoms with Gasteiger partial charge in [0.1, 0.15) is 18.8 Å². The molecule has 1 unspecified atom stereocenters. The van der Waals surface area contributed by atoms with Gasteiger partial charge in [0.2, 0.25) is 11.7 Å². The van der Waals surface area contributed by atoms with Crippen molar-refractivity contribution in [3.63, 3.8) is 0 Å². The number of anilines is 2. The monoisotopic (exact) mass is 591 g/mol. The van der Waals surface area contributed by atoms with Gasteiger partial charge in [-0.1, -0.05) is 16.9 Å². The Labute approximate surface area is 235 Å². The second-order valence-corrected chi connectivity index (χ2v) is 10.9. The first-order valence-corrected chi connectivity index (χ1v) is 14.2. The van der Waals surface area contributed by atoms with Crippen molar-refractivity contribution in [2.24, 2.45) is 4.74 Å². The number of carbonyl (C=O) groups is 1. The van der Waals surface area contributed by atoms with Gasteiger partial charge in [0.05, 0.1) is 13.4 Å². The van der Waals surface area contributed by atoms with Gasteiger partial charge in [-0.25, -0.2) is 14.2 Å². The minimum absolute atomic E-state index is 0.0114. The molecule has 2 aromatic heterocycles. The largest absolute Gasteiger partial charge is 0.575 e. The molecule has 16 heteroatoms. The highest BCUT2D eigenvalue weighted by atomic mass is 31.1. The van der Waals surface area contributed by atoms with Gasteiger partial charge in [0.15, 0.2) is 40.7 Å². The molecule has 220 valence electrons. The van der Waals surface area contributed by atoms with Crippen molar-refractivity contribution < 1.29 is 37.9 Å². The molecule has 1 aliphatic carbocycles. The molecule has 2 fully saturated rings. The van der Waals surface area contributed by atoms with Crippen LogP contribution in [0.4, 0.5) is 16.2 Å². The van der Waals surface area contributed by atoms with Gasteiger partial charge in [-0.05, 0) is 45.2 Å². The molecule has 1 aromatic carbocycles. The number of ether oxygens (including phenoxy) is 3. The van der Waals surface area contributed by atoms with E-state index >= 15 is 4.39 Å². The maximum Gasteiger partial charge on any atom is 0.395 e. The zero-order chi connectivity index (χ0) is 29.3. The predicted molar refractivity (Wildman–Crippen MR) is 144 cm³/mol. The van der Waals surface area contributed by atoms with E-state index in [1.807, 2.05) is 0 Å². The van der Waals surface area contributed by atoms with Crippen LogP contribution in [0.1, 0.15) is 39.3 Å². The second kappa shape index (κ2) is 11.7. The SMILES string of the molecule is COC(=O)[C@H](C)/N=[P+](\[O-])Oc1ccccc1OC[C@H]1O[C@@H](n2cnc3c(NC4CCC4)nc(N)nc32)[C@](C)(F)[C@@H]1O. The molecular formula is C25H31FN7O7P. The number of nitrogens with two attached hydrogens (primary N) is 1. The fourth-order valence-corrected chi connectivity index (χ4v) is 5.33. The number of nitrogens with zero attached hydrogens (tertiary/aromatic N) is 5. The van der Waals surface area contributed by atoms with Gasteiger partial charge in [-0.3, -0.25) is 9.09 Å². The lowest BCUT2D eigenvalue weighted by molar-refractivity contribution is -0.169. The lowest BCUT2D eigenvalue weighted by atomic mass is 9.93. The Morgan fingerprint density at radius 1 is 1.39 bits per heavy atom. The number of hydrogen-bond donors (Lipinski definition) is 3. The van der Waals surface area contributed by atoms with Crippen LogP contribution < -0.4 is 25.2 Å². The number of halogens is 1. The van der Waals surface area contributed by atoms with Gasteiger partial charge in [0, 0.05) is 6.04 Å². The molecule has 3 aromatic rings. The summed E-state index contributed by atoms with van der Waals surface area (Å²) >= 11 is 0. The van der Waals surface area contributed by atoms with Gasteiger partial charge >= 0.3 is 14.1 Å². The molecule has 0 spiro atoms. The van der Waals surface area contributed by atoms with Crippen LogP contribution in [-0.2, 0) is 14.3 Å². The van der Waals surface area contributed by atoms with E-state index in [1.165, 1.54) is 44.0 Å². The molecule has 3 heterocycles. The normalized spacial score (nSPS) is 25.5. The topological polar surface area (TPSA) is 191 Å². The molecule has 1 saturated carbocycles. The summed E-state index contributed by atoms with van der Waals surface area (Å²) in [5.74, 6) is 0.00120. The smallest absolute Gasteiger partial charge is 0.395 e. The number of benzene rings is 1. The zero-order valence-electron chi connectivity index (χ0n) is 22.6. The molecule has 0 radical (unpaired) electrons. The number of aliphatic hydroxyl groups excluding tert-OH is 1. The minimum atomic E-state index is -2.64. The summed E-state index contributed by atoms with van der Waals surface area (Å²) in [7, 11) is -1.44. The van der Waals surface area contributed by atoms with Gasteiger partial charge in [-0.2, -0.15) is 9.97 Å². The minimum Gasteiger partial charge on any atom is -0.575 e. The van der Waals surface area contributed by atoms with E-state index in [2.05, 4.69) is 29.8 Å². The first kappa shape index (κ1) is 28.9. The number of aromatic nitrogens is 4. The maximum absolute atomic E-state index is 16.0. The van der Waals surface area contributed by atoms with Crippen molar-refractivity contribution >= 4 is 37.1 Å². The molecule has 41 heavy (non-hydrogen) atoms. The van der Waals surface area contributed by atoms with Crippen LogP contribution >= 0.6 is 8.17 Å². The van der Waals surface area contributed by atoms with E-state index in [0.717, 1.165) is 19.3 Å². The standard InChI is InChI=1S/C25H31FN7O7P/c1-13(22(35)37-3)32-41(36)40-16-10-5-4-9-15(16)38-11-17-19(34)25(2,26)23(39-17)33-12-28-18-20(29-14-7-6-8-14)30-24(27)31-21(18)33/h4-5,9-10,12-14,17,19,23,34H,6-8,11H2,1-3H3,(H3,27,29,30,31)/t13-,17+,19+,23+,25+/m0/s1. The van der Waals surface area contributed by atoms with E-state index in [0.29, 0.717) is 11.3 Å². The molecule has 1 aliphatic heterocycles. The van der Waals surface area contributed by atoms with Crippen LogP contribution in [0, 0.1) is 0 Å². The first-order chi connectivity index (χ1) is 19.6. The molecule has 5 rings (SSSR count). The third-order valence-electron chi connectivity index (χ3n) is 7.09. The van der Waals surface area contributed by atoms with Crippen molar-refractivity contribution in [3.05, 3.63) is 30.6 Å². The van der Waals surface area contributed by atoms with Crippen LogP contribution in [0.25, 0.3) is 11.2 Å². The Hall–Kier alpha value is -3.65. The molecule has 4 N–H and O–H groups in total. The Morgan fingerprint density at radius 3 is 2.80 bits per heavy atom. The molecule has 6 atom stereocenters. The average molecular weight is 592 g/mol. The van der Waals surface area contributed by atoms with E-state index in [-0.39, 0.29) is 35.7 Å². The third kappa shape index (κ3) is 5.89. The Bertz CT molecular complexity index is 1450. The lowest BCUT2D eigenvalue weighted by Gasteiger charge is -2.27. The van der Waals surface area contributed by atoms with Gasteiger partial charge < -0.3 is 35.3 Å². The van der Waals surface area contributed by atoms with Crippen molar-refractivity contribution in [1.29, 1.82) is 0 Å². The molecule has 1 saturated heterocycles. The van der Waals surface area contributed by atoms with Crippen molar-refractivity contribution in [1.82, 2.24) is 19.5 Å². The number of alkyl halides is 1. The Morgan fingerprint density at radius 2 is 2.12 bits per heavy atom. The molecule has 14 nitrogen and oxygen atoms in total. The van der Waals surface area contributed by atoms with Crippen molar-refractivity contribution in [2.75, 3.05) is 24.8 Å². The highest BCUT2D eigenvalue weighted by molar-refractivity contribution is 7.34. The van der Waals surface area contributed by atoms with Crippen LogP contribution in [0.3, 0.4) is 0 Å². The summed E-state index contributed by atoms with van der Waals surface area (Å²) in [6, 6.07) is 5.56. The number of carbonyl (C=O) groups excluding carboxylic acids is 1. The number of nitrogen functional groups attached to an aromatic ring is 1. The number of nitrogens with one attached hydrogen (secondary N) is 1. The number of esters is 1. The fraction of sp³-hybridized carbons (Fsp3) is 0.520. The predicted octanol–water partition coefficient (Wildman–Crippen LogP) is 2.23. The molecule has 0 bridgehead atoms. The Kier molecular flexibility index (Phi) is 8.23. The highest BCUT2D eigenvalue weighted by Gasteiger charge is 2.55. The molecule has 2 aliphatic rings. The number of rotatable bonds is 10. The maximum atomic E-state index is 16.0. The van der Waals surface area contributed by atoms with E-state index in [4.69, 9.17) is 19.7 Å². The number of imidazole rings is 1. The third-order valence-corrected chi connectivity index (χ3v) is 7.98. The fourth-order valence-electron chi connectivity index (χ4n) is 4.59. The van der Waals surface area contributed by atoms with Crippen LogP contribution in [0.15, 0.2) is 35.3 Å². The molecular weight excluding hydrogens is 560 g/mol. The summed E-state index contributed by atoms with van der Waals surface area (Å²) < 4.78 is 42.8. The zero-order valence-corrected chi connectivity index (χ0v) is 23.5.